The van der Waals surface area contributed by atoms with E-state index in [1.165, 1.54) is 0 Å². The third kappa shape index (κ3) is 3.09. The lowest BCUT2D eigenvalue weighted by Crippen LogP contribution is -2.56. The zero-order chi connectivity index (χ0) is 14.1. The van der Waals surface area contributed by atoms with E-state index in [0.717, 1.165) is 45.5 Å². The lowest BCUT2D eigenvalue weighted by atomic mass is 9.95. The van der Waals surface area contributed by atoms with Gasteiger partial charge < -0.3 is 15.8 Å². The lowest BCUT2D eigenvalue weighted by molar-refractivity contribution is -0.124. The van der Waals surface area contributed by atoms with E-state index in [1.54, 1.807) is 0 Å². The Labute approximate surface area is 115 Å². The van der Waals surface area contributed by atoms with Crippen LogP contribution in [0, 0.1) is 0 Å². The summed E-state index contributed by atoms with van der Waals surface area (Å²) in [5.41, 5.74) is 5.03. The largest absolute Gasteiger partial charge is 0.373 e. The van der Waals surface area contributed by atoms with Crippen molar-refractivity contribution in [3.8, 4) is 0 Å². The number of amides is 1. The molecule has 2 atom stereocenters. The van der Waals surface area contributed by atoms with Gasteiger partial charge in [-0.05, 0) is 39.7 Å². The molecule has 5 heteroatoms. The first kappa shape index (κ1) is 14.8. The van der Waals surface area contributed by atoms with Crippen molar-refractivity contribution in [1.29, 1.82) is 0 Å². The van der Waals surface area contributed by atoms with Crippen molar-refractivity contribution in [2.75, 3.05) is 26.2 Å². The Morgan fingerprint density at radius 2 is 2.26 bits per heavy atom. The number of likely N-dealkylation sites (N-methyl/N-ethyl adjacent to an activating group) is 1. The maximum atomic E-state index is 11.8. The number of ether oxygens (including phenoxy) is 1. The number of hydrogen-bond donors (Lipinski definition) is 2. The molecule has 1 heterocycles. The van der Waals surface area contributed by atoms with Gasteiger partial charge in [0, 0.05) is 19.1 Å². The molecule has 0 aromatic carbocycles. The Hall–Kier alpha value is -0.650. The van der Waals surface area contributed by atoms with Crippen molar-refractivity contribution in [2.24, 2.45) is 5.73 Å². The first-order valence-corrected chi connectivity index (χ1v) is 7.31. The second-order valence-electron chi connectivity index (χ2n) is 6.45. The Morgan fingerprint density at radius 1 is 1.53 bits per heavy atom. The van der Waals surface area contributed by atoms with Crippen molar-refractivity contribution in [3.05, 3.63) is 0 Å². The van der Waals surface area contributed by atoms with Crippen molar-refractivity contribution < 1.29 is 9.53 Å². The molecular formula is C14H27N3O2. The molecule has 19 heavy (non-hydrogen) atoms. The minimum absolute atomic E-state index is 0.0889. The maximum Gasteiger partial charge on any atom is 0.237 e. The summed E-state index contributed by atoms with van der Waals surface area (Å²) in [6, 6.07) is 0.440. The van der Waals surface area contributed by atoms with Crippen LogP contribution in [0.1, 0.15) is 40.0 Å². The number of nitrogens with zero attached hydrogens (tertiary/aromatic N) is 1. The standard InChI is InChI=1S/C14H27N3O2/c1-4-16-14(12(15)18)6-5-11(9-14)17-7-8-19-13(2,3)10-17/h11,16H,4-10H2,1-3H3,(H2,15,18). The normalized spacial score (nSPS) is 35.4. The molecule has 0 aromatic rings. The van der Waals surface area contributed by atoms with Crippen LogP contribution in [0.2, 0.25) is 0 Å². The third-order valence-electron chi connectivity index (χ3n) is 4.45. The van der Waals surface area contributed by atoms with E-state index >= 15 is 0 Å². The Bertz CT molecular complexity index is 346. The fourth-order valence-electron chi connectivity index (χ4n) is 3.51. The summed E-state index contributed by atoms with van der Waals surface area (Å²) in [6.07, 6.45) is 2.71. The van der Waals surface area contributed by atoms with Crippen molar-refractivity contribution >= 4 is 5.91 Å². The van der Waals surface area contributed by atoms with E-state index in [-0.39, 0.29) is 11.5 Å². The Balaban J connectivity index is 2.02. The topological polar surface area (TPSA) is 67.6 Å². The third-order valence-corrected chi connectivity index (χ3v) is 4.45. The quantitative estimate of drug-likeness (QED) is 0.779. The summed E-state index contributed by atoms with van der Waals surface area (Å²) in [5, 5.41) is 3.31. The van der Waals surface area contributed by atoms with Crippen LogP contribution in [0.3, 0.4) is 0 Å². The fraction of sp³-hybridized carbons (Fsp3) is 0.929. The van der Waals surface area contributed by atoms with Gasteiger partial charge in [0.1, 0.15) is 0 Å². The summed E-state index contributed by atoms with van der Waals surface area (Å²) in [5.74, 6) is -0.204. The van der Waals surface area contributed by atoms with Crippen LogP contribution in [0.4, 0.5) is 0 Å². The molecule has 110 valence electrons. The minimum atomic E-state index is -0.498. The van der Waals surface area contributed by atoms with Gasteiger partial charge in [0.25, 0.3) is 0 Å². The second-order valence-corrected chi connectivity index (χ2v) is 6.45. The molecule has 5 nitrogen and oxygen atoms in total. The number of nitrogens with one attached hydrogen (secondary N) is 1. The van der Waals surface area contributed by atoms with Crippen LogP contribution >= 0.6 is 0 Å². The van der Waals surface area contributed by atoms with E-state index in [1.807, 2.05) is 6.92 Å². The van der Waals surface area contributed by atoms with Gasteiger partial charge in [0.05, 0.1) is 17.7 Å². The van der Waals surface area contributed by atoms with E-state index < -0.39 is 5.54 Å². The predicted octanol–water partition coefficient (Wildman–Crippen LogP) is 0.483. The number of hydrogen-bond acceptors (Lipinski definition) is 4. The smallest absolute Gasteiger partial charge is 0.237 e. The summed E-state index contributed by atoms with van der Waals surface area (Å²) in [6.45, 7) is 9.71. The molecule has 2 rings (SSSR count). The summed E-state index contributed by atoms with van der Waals surface area (Å²) in [7, 11) is 0. The average molecular weight is 269 g/mol. The molecule has 1 saturated heterocycles. The zero-order valence-electron chi connectivity index (χ0n) is 12.4. The van der Waals surface area contributed by atoms with E-state index in [2.05, 4.69) is 24.1 Å². The Kier molecular flexibility index (Phi) is 4.18. The highest BCUT2D eigenvalue weighted by atomic mass is 16.5. The first-order valence-electron chi connectivity index (χ1n) is 7.31. The van der Waals surface area contributed by atoms with E-state index in [9.17, 15) is 4.79 Å². The van der Waals surface area contributed by atoms with Crippen LogP contribution in [0.15, 0.2) is 0 Å². The monoisotopic (exact) mass is 269 g/mol. The molecule has 3 N–H and O–H groups in total. The van der Waals surface area contributed by atoms with Gasteiger partial charge in [0.15, 0.2) is 0 Å². The average Bonchev–Trinajstić information content (AvgIpc) is 2.74. The van der Waals surface area contributed by atoms with Crippen molar-refractivity contribution in [2.45, 2.75) is 57.2 Å². The van der Waals surface area contributed by atoms with Gasteiger partial charge in [-0.25, -0.2) is 0 Å². The van der Waals surface area contributed by atoms with E-state index in [0.29, 0.717) is 6.04 Å². The van der Waals surface area contributed by atoms with Crippen LogP contribution in [0.5, 0.6) is 0 Å². The summed E-state index contributed by atoms with van der Waals surface area (Å²) >= 11 is 0. The molecule has 0 aromatic heterocycles. The second kappa shape index (κ2) is 5.38. The molecule has 0 spiro atoms. The van der Waals surface area contributed by atoms with E-state index in [4.69, 9.17) is 10.5 Å². The SMILES string of the molecule is CCNC1(C(N)=O)CCC(N2CCOC(C)(C)C2)C1. The first-order chi connectivity index (χ1) is 8.88. The van der Waals surface area contributed by atoms with Crippen molar-refractivity contribution in [1.82, 2.24) is 10.2 Å². The molecule has 1 aliphatic carbocycles. The molecule has 1 amide bonds. The highest BCUT2D eigenvalue weighted by Gasteiger charge is 2.46. The summed E-state index contributed by atoms with van der Waals surface area (Å²) < 4.78 is 5.75. The van der Waals surface area contributed by atoms with Crippen molar-refractivity contribution in [3.63, 3.8) is 0 Å². The molecular weight excluding hydrogens is 242 g/mol. The van der Waals surface area contributed by atoms with Crippen LogP contribution in [0.25, 0.3) is 0 Å². The van der Waals surface area contributed by atoms with Crippen LogP contribution in [-0.2, 0) is 9.53 Å². The van der Waals surface area contributed by atoms with Gasteiger partial charge >= 0.3 is 0 Å². The highest BCUT2D eigenvalue weighted by molar-refractivity contribution is 5.85. The zero-order valence-corrected chi connectivity index (χ0v) is 12.4. The van der Waals surface area contributed by atoms with Gasteiger partial charge in [-0.1, -0.05) is 6.92 Å². The molecule has 2 unspecified atom stereocenters. The summed E-state index contributed by atoms with van der Waals surface area (Å²) in [4.78, 5) is 14.2. The van der Waals surface area contributed by atoms with Crippen LogP contribution < -0.4 is 11.1 Å². The molecule has 2 fully saturated rings. The number of carbonyl (C=O) groups is 1. The maximum absolute atomic E-state index is 11.8. The number of morpholine rings is 1. The van der Waals surface area contributed by atoms with Gasteiger partial charge in [-0.2, -0.15) is 0 Å². The molecule has 0 radical (unpaired) electrons. The number of primary amides is 1. The van der Waals surface area contributed by atoms with Crippen LogP contribution in [-0.4, -0.2) is 54.2 Å². The number of rotatable bonds is 4. The Morgan fingerprint density at radius 3 is 2.84 bits per heavy atom. The van der Waals surface area contributed by atoms with Gasteiger partial charge in [-0.3, -0.25) is 9.69 Å². The molecule has 2 aliphatic rings. The number of nitrogens with two attached hydrogens (primary N) is 1. The number of carbonyl (C=O) groups excluding carboxylic acids is 1. The minimum Gasteiger partial charge on any atom is -0.373 e. The molecule has 1 saturated carbocycles. The predicted molar refractivity (Wildman–Crippen MR) is 74.8 cm³/mol. The van der Waals surface area contributed by atoms with Gasteiger partial charge in [0.2, 0.25) is 5.91 Å². The lowest BCUT2D eigenvalue weighted by Gasteiger charge is -2.41. The molecule has 1 aliphatic heterocycles. The fourth-order valence-corrected chi connectivity index (χ4v) is 3.51. The highest BCUT2D eigenvalue weighted by Crippen LogP contribution is 2.34. The van der Waals surface area contributed by atoms with Gasteiger partial charge in [-0.15, -0.1) is 0 Å². The molecule has 0 bridgehead atoms.